The second kappa shape index (κ2) is 6.35. The Bertz CT molecular complexity index is 790. The molecule has 0 aliphatic heterocycles. The van der Waals surface area contributed by atoms with Crippen LogP contribution >= 0.6 is 0 Å². The first-order chi connectivity index (χ1) is 10.7. The quantitative estimate of drug-likeness (QED) is 0.555. The molecular weight excluding hydrogens is 278 g/mol. The van der Waals surface area contributed by atoms with E-state index in [-0.39, 0.29) is 5.56 Å². The third kappa shape index (κ3) is 3.12. The highest BCUT2D eigenvalue weighted by molar-refractivity contribution is 5.91. The van der Waals surface area contributed by atoms with Gasteiger partial charge in [-0.3, -0.25) is 0 Å². The second-order valence-corrected chi connectivity index (χ2v) is 4.96. The fourth-order valence-electron chi connectivity index (χ4n) is 2.35. The standard InChI is InChI=1S/C20H14F2/c21-17-11-12-20(22)19(14-17)18(16-9-5-2-6-10-16)13-15-7-3-1-4-8-15/h1-14H/b18-13+. The van der Waals surface area contributed by atoms with E-state index in [9.17, 15) is 8.78 Å². The van der Waals surface area contributed by atoms with Crippen LogP contribution in [0, 0.1) is 11.6 Å². The minimum absolute atomic E-state index is 0.259. The smallest absolute Gasteiger partial charge is 0.131 e. The van der Waals surface area contributed by atoms with Gasteiger partial charge in [-0.1, -0.05) is 60.7 Å². The summed E-state index contributed by atoms with van der Waals surface area (Å²) in [6.07, 6.45) is 1.87. The number of hydrogen-bond donors (Lipinski definition) is 0. The number of halogens is 2. The molecule has 0 aromatic heterocycles. The predicted octanol–water partition coefficient (Wildman–Crippen LogP) is 5.55. The van der Waals surface area contributed by atoms with E-state index >= 15 is 0 Å². The molecule has 0 nitrogen and oxygen atoms in total. The van der Waals surface area contributed by atoms with Gasteiger partial charge in [0.05, 0.1) is 0 Å². The van der Waals surface area contributed by atoms with E-state index in [1.807, 2.05) is 66.7 Å². The number of benzene rings is 3. The van der Waals surface area contributed by atoms with E-state index in [4.69, 9.17) is 0 Å². The first kappa shape index (κ1) is 14.2. The van der Waals surface area contributed by atoms with Gasteiger partial charge < -0.3 is 0 Å². The number of hydrogen-bond acceptors (Lipinski definition) is 0. The summed E-state index contributed by atoms with van der Waals surface area (Å²) >= 11 is 0. The lowest BCUT2D eigenvalue weighted by atomic mass is 9.95. The van der Waals surface area contributed by atoms with Crippen molar-refractivity contribution in [3.05, 3.63) is 107 Å². The third-order valence-corrected chi connectivity index (χ3v) is 3.41. The summed E-state index contributed by atoms with van der Waals surface area (Å²) in [7, 11) is 0. The Hall–Kier alpha value is -2.74. The van der Waals surface area contributed by atoms with E-state index in [2.05, 4.69) is 0 Å². The Kier molecular flexibility index (Phi) is 4.10. The molecule has 0 amide bonds. The Morgan fingerprint density at radius 1 is 0.727 bits per heavy atom. The van der Waals surface area contributed by atoms with Crippen LogP contribution in [0.25, 0.3) is 11.6 Å². The molecule has 0 unspecified atom stereocenters. The zero-order valence-electron chi connectivity index (χ0n) is 11.8. The first-order valence-corrected chi connectivity index (χ1v) is 7.01. The van der Waals surface area contributed by atoms with Gasteiger partial charge in [-0.05, 0) is 41.0 Å². The van der Waals surface area contributed by atoms with Gasteiger partial charge in [-0.15, -0.1) is 0 Å². The minimum atomic E-state index is -0.453. The van der Waals surface area contributed by atoms with Gasteiger partial charge in [-0.25, -0.2) is 8.78 Å². The van der Waals surface area contributed by atoms with Crippen LogP contribution in [0.15, 0.2) is 78.9 Å². The topological polar surface area (TPSA) is 0 Å². The maximum atomic E-state index is 14.2. The first-order valence-electron chi connectivity index (χ1n) is 7.01. The SMILES string of the molecule is Fc1ccc(F)c(/C(=C/c2ccccc2)c2ccccc2)c1. The van der Waals surface area contributed by atoms with Gasteiger partial charge in [0.15, 0.2) is 0 Å². The minimum Gasteiger partial charge on any atom is -0.207 e. The largest absolute Gasteiger partial charge is 0.207 e. The van der Waals surface area contributed by atoms with Gasteiger partial charge in [0, 0.05) is 5.56 Å². The molecule has 0 saturated heterocycles. The predicted molar refractivity (Wildman–Crippen MR) is 86.2 cm³/mol. The number of rotatable bonds is 3. The fraction of sp³-hybridized carbons (Fsp3) is 0. The molecule has 108 valence electrons. The third-order valence-electron chi connectivity index (χ3n) is 3.41. The average Bonchev–Trinajstić information content (AvgIpc) is 2.57. The van der Waals surface area contributed by atoms with E-state index < -0.39 is 11.6 Å². The molecule has 0 heterocycles. The van der Waals surface area contributed by atoms with E-state index in [1.165, 1.54) is 6.07 Å². The maximum absolute atomic E-state index is 14.2. The summed E-state index contributed by atoms with van der Waals surface area (Å²) in [6.45, 7) is 0. The van der Waals surface area contributed by atoms with E-state index in [1.54, 1.807) is 0 Å². The summed E-state index contributed by atoms with van der Waals surface area (Å²) in [5.41, 5.74) is 2.69. The van der Waals surface area contributed by atoms with Crippen molar-refractivity contribution in [2.45, 2.75) is 0 Å². The van der Waals surface area contributed by atoms with Gasteiger partial charge in [-0.2, -0.15) is 0 Å². The van der Waals surface area contributed by atoms with Crippen molar-refractivity contribution in [3.8, 4) is 0 Å². The molecule has 0 fully saturated rings. The Labute approximate surface area is 128 Å². The molecule has 2 heteroatoms. The van der Waals surface area contributed by atoms with Gasteiger partial charge in [0.1, 0.15) is 11.6 Å². The molecule has 3 aromatic carbocycles. The molecule has 0 bridgehead atoms. The molecular formula is C20H14F2. The molecule has 3 rings (SSSR count). The van der Waals surface area contributed by atoms with Crippen molar-refractivity contribution in [2.24, 2.45) is 0 Å². The van der Waals surface area contributed by atoms with Crippen LogP contribution in [0.2, 0.25) is 0 Å². The van der Waals surface area contributed by atoms with Crippen LogP contribution in [0.4, 0.5) is 8.78 Å². The summed E-state index contributed by atoms with van der Waals surface area (Å²) in [6, 6.07) is 22.6. The summed E-state index contributed by atoms with van der Waals surface area (Å²) in [5.74, 6) is -0.890. The van der Waals surface area contributed by atoms with Crippen LogP contribution in [0.5, 0.6) is 0 Å². The van der Waals surface area contributed by atoms with Crippen LogP contribution in [-0.4, -0.2) is 0 Å². The lowest BCUT2D eigenvalue weighted by Crippen LogP contribution is -1.94. The van der Waals surface area contributed by atoms with Gasteiger partial charge in [0.25, 0.3) is 0 Å². The zero-order chi connectivity index (χ0) is 15.4. The zero-order valence-corrected chi connectivity index (χ0v) is 11.8. The van der Waals surface area contributed by atoms with Crippen LogP contribution in [-0.2, 0) is 0 Å². The monoisotopic (exact) mass is 292 g/mol. The molecule has 0 spiro atoms. The van der Waals surface area contributed by atoms with Gasteiger partial charge in [0.2, 0.25) is 0 Å². The highest BCUT2D eigenvalue weighted by atomic mass is 19.1. The van der Waals surface area contributed by atoms with Crippen LogP contribution in [0.1, 0.15) is 16.7 Å². The Morgan fingerprint density at radius 2 is 1.36 bits per heavy atom. The van der Waals surface area contributed by atoms with E-state index in [0.717, 1.165) is 23.3 Å². The highest BCUT2D eigenvalue weighted by Gasteiger charge is 2.11. The Balaban J connectivity index is 2.20. The molecule has 0 saturated carbocycles. The highest BCUT2D eigenvalue weighted by Crippen LogP contribution is 2.28. The maximum Gasteiger partial charge on any atom is 0.131 e. The fourth-order valence-corrected chi connectivity index (χ4v) is 2.35. The van der Waals surface area contributed by atoms with E-state index in [0.29, 0.717) is 5.57 Å². The summed E-state index contributed by atoms with van der Waals surface area (Å²) in [5, 5.41) is 0. The van der Waals surface area contributed by atoms with Crippen molar-refractivity contribution >= 4 is 11.6 Å². The summed E-state index contributed by atoms with van der Waals surface area (Å²) < 4.78 is 27.8. The molecule has 0 N–H and O–H groups in total. The average molecular weight is 292 g/mol. The van der Waals surface area contributed by atoms with Crippen molar-refractivity contribution in [2.75, 3.05) is 0 Å². The summed E-state index contributed by atoms with van der Waals surface area (Å²) in [4.78, 5) is 0. The Morgan fingerprint density at radius 3 is 2.05 bits per heavy atom. The molecule has 3 aromatic rings. The molecule has 0 aliphatic rings. The lowest BCUT2D eigenvalue weighted by molar-refractivity contribution is 0.597. The molecule has 0 radical (unpaired) electrons. The second-order valence-electron chi connectivity index (χ2n) is 4.96. The molecule has 0 atom stereocenters. The van der Waals surface area contributed by atoms with Crippen LogP contribution in [0.3, 0.4) is 0 Å². The van der Waals surface area contributed by atoms with Crippen molar-refractivity contribution in [3.63, 3.8) is 0 Å². The van der Waals surface area contributed by atoms with Gasteiger partial charge >= 0.3 is 0 Å². The normalized spacial score (nSPS) is 11.5. The molecule has 0 aliphatic carbocycles. The van der Waals surface area contributed by atoms with Crippen LogP contribution < -0.4 is 0 Å². The van der Waals surface area contributed by atoms with Crippen molar-refractivity contribution < 1.29 is 8.78 Å². The lowest BCUT2D eigenvalue weighted by Gasteiger charge is -2.10. The van der Waals surface area contributed by atoms with Crippen molar-refractivity contribution in [1.82, 2.24) is 0 Å². The van der Waals surface area contributed by atoms with Crippen molar-refractivity contribution in [1.29, 1.82) is 0 Å². The molecule has 22 heavy (non-hydrogen) atoms.